The summed E-state index contributed by atoms with van der Waals surface area (Å²) in [7, 11) is 0. The van der Waals surface area contributed by atoms with Crippen molar-refractivity contribution in [3.05, 3.63) is 120 Å². The highest BCUT2D eigenvalue weighted by atomic mass is 16.8. The van der Waals surface area contributed by atoms with Gasteiger partial charge in [-0.05, 0) is 67.9 Å². The number of ether oxygens (including phenoxy) is 3. The van der Waals surface area contributed by atoms with Crippen molar-refractivity contribution in [2.75, 3.05) is 49.2 Å². The van der Waals surface area contributed by atoms with Gasteiger partial charge >= 0.3 is 5.69 Å². The van der Waals surface area contributed by atoms with Crippen molar-refractivity contribution < 1.29 is 14.2 Å². The number of hydrogen-bond donors (Lipinski definition) is 0. The topological polar surface area (TPSA) is 91.8 Å². The first kappa shape index (κ1) is 30.8. The zero-order valence-corrected chi connectivity index (χ0v) is 26.9. The smallest absolute Gasteiger partial charge is 0.350 e. The minimum absolute atomic E-state index is 0.0738. The summed E-state index contributed by atoms with van der Waals surface area (Å²) in [5.41, 5.74) is 4.00. The van der Waals surface area contributed by atoms with Crippen LogP contribution in [0.25, 0.3) is 5.69 Å². The Labute approximate surface area is 274 Å². The Morgan fingerprint density at radius 2 is 1.53 bits per heavy atom. The van der Waals surface area contributed by atoms with Crippen LogP contribution in [0.3, 0.4) is 0 Å². The van der Waals surface area contributed by atoms with Crippen LogP contribution in [0, 0.1) is 0 Å². The largest absolute Gasteiger partial charge is 0.491 e. The molecule has 1 unspecified atom stereocenters. The molecule has 0 bridgehead atoms. The van der Waals surface area contributed by atoms with Gasteiger partial charge in [0.25, 0.3) is 0 Å². The zero-order chi connectivity index (χ0) is 32.2. The van der Waals surface area contributed by atoms with Gasteiger partial charge in [-0.2, -0.15) is 10.2 Å². The Bertz CT molecular complexity index is 1780. The van der Waals surface area contributed by atoms with E-state index in [9.17, 15) is 4.79 Å². The molecule has 0 N–H and O–H groups in total. The molecule has 4 heterocycles. The maximum Gasteiger partial charge on any atom is 0.350 e. The SMILES string of the molecule is CCC(C)n1ncn(-c2ccc(N3CCN(c4ccc(OC[C@@H]5CO[C@@](Cn6cccn6)(c6ccccc6)O5)cc4)CC3)cc2)c1=O. The molecule has 0 saturated carbocycles. The van der Waals surface area contributed by atoms with Crippen molar-refractivity contribution in [3.8, 4) is 11.4 Å². The summed E-state index contributed by atoms with van der Waals surface area (Å²) >= 11 is 0. The summed E-state index contributed by atoms with van der Waals surface area (Å²) in [5, 5.41) is 8.67. The van der Waals surface area contributed by atoms with E-state index < -0.39 is 5.79 Å². The molecule has 5 aromatic rings. The zero-order valence-electron chi connectivity index (χ0n) is 26.9. The van der Waals surface area contributed by atoms with Crippen LogP contribution in [0.5, 0.6) is 5.75 Å². The van der Waals surface area contributed by atoms with E-state index in [0.717, 1.165) is 55.3 Å². The minimum Gasteiger partial charge on any atom is -0.491 e. The average Bonchev–Trinajstić information content (AvgIpc) is 3.89. The molecule has 2 fully saturated rings. The van der Waals surface area contributed by atoms with Crippen molar-refractivity contribution in [2.24, 2.45) is 0 Å². The van der Waals surface area contributed by atoms with E-state index in [2.05, 4.69) is 51.2 Å². The Morgan fingerprint density at radius 1 is 0.872 bits per heavy atom. The highest BCUT2D eigenvalue weighted by Gasteiger charge is 2.44. The van der Waals surface area contributed by atoms with Gasteiger partial charge in [0.15, 0.2) is 0 Å². The second-order valence-electron chi connectivity index (χ2n) is 12.2. The number of nitrogens with zero attached hydrogens (tertiary/aromatic N) is 7. The fourth-order valence-electron chi connectivity index (χ4n) is 6.23. The summed E-state index contributed by atoms with van der Waals surface area (Å²) in [5.74, 6) is -0.110. The number of hydrogen-bond acceptors (Lipinski definition) is 8. The quantitative estimate of drug-likeness (QED) is 0.203. The molecule has 0 aliphatic carbocycles. The Balaban J connectivity index is 0.913. The van der Waals surface area contributed by atoms with Crippen molar-refractivity contribution >= 4 is 11.4 Å². The predicted octanol–water partition coefficient (Wildman–Crippen LogP) is 4.88. The number of rotatable bonds is 11. The van der Waals surface area contributed by atoms with Crippen LogP contribution in [-0.4, -0.2) is 69.6 Å². The fourth-order valence-corrected chi connectivity index (χ4v) is 6.23. The molecular formula is C36H41N7O4. The highest BCUT2D eigenvalue weighted by Crippen LogP contribution is 2.36. The third-order valence-corrected chi connectivity index (χ3v) is 9.11. The third kappa shape index (κ3) is 6.54. The molecule has 3 atom stereocenters. The average molecular weight is 636 g/mol. The molecule has 11 nitrogen and oxygen atoms in total. The number of anilines is 2. The highest BCUT2D eigenvalue weighted by molar-refractivity contribution is 5.54. The summed E-state index contributed by atoms with van der Waals surface area (Å²) in [6.07, 6.45) is 5.92. The van der Waals surface area contributed by atoms with Gasteiger partial charge in [0, 0.05) is 55.5 Å². The Kier molecular flexibility index (Phi) is 8.82. The molecule has 3 aromatic carbocycles. The van der Waals surface area contributed by atoms with E-state index in [4.69, 9.17) is 14.2 Å². The van der Waals surface area contributed by atoms with E-state index >= 15 is 0 Å². The second kappa shape index (κ2) is 13.5. The molecule has 11 heteroatoms. The fraction of sp³-hybridized carbons (Fsp3) is 0.361. The molecule has 244 valence electrons. The monoisotopic (exact) mass is 635 g/mol. The van der Waals surface area contributed by atoms with E-state index in [-0.39, 0.29) is 17.8 Å². The molecule has 2 aliphatic heterocycles. The van der Waals surface area contributed by atoms with Crippen molar-refractivity contribution in [2.45, 2.75) is 44.7 Å². The minimum atomic E-state index is -0.911. The van der Waals surface area contributed by atoms with Crippen LogP contribution in [0.4, 0.5) is 11.4 Å². The molecule has 47 heavy (non-hydrogen) atoms. The number of benzene rings is 3. The van der Waals surface area contributed by atoms with Gasteiger partial charge in [-0.1, -0.05) is 37.3 Å². The van der Waals surface area contributed by atoms with Gasteiger partial charge in [0.1, 0.15) is 24.8 Å². The molecule has 0 radical (unpaired) electrons. The lowest BCUT2D eigenvalue weighted by atomic mass is 10.1. The third-order valence-electron chi connectivity index (χ3n) is 9.11. The van der Waals surface area contributed by atoms with Gasteiger partial charge in [-0.3, -0.25) is 4.68 Å². The summed E-state index contributed by atoms with van der Waals surface area (Å²) in [6, 6.07) is 28.4. The van der Waals surface area contributed by atoms with Crippen molar-refractivity contribution in [1.82, 2.24) is 24.1 Å². The van der Waals surface area contributed by atoms with Gasteiger partial charge in [-0.25, -0.2) is 14.0 Å². The first-order chi connectivity index (χ1) is 23.0. The summed E-state index contributed by atoms with van der Waals surface area (Å²) in [4.78, 5) is 17.6. The van der Waals surface area contributed by atoms with Gasteiger partial charge in [-0.15, -0.1) is 0 Å². The van der Waals surface area contributed by atoms with Crippen LogP contribution in [-0.2, 0) is 21.8 Å². The lowest BCUT2D eigenvalue weighted by Crippen LogP contribution is -2.46. The first-order valence-electron chi connectivity index (χ1n) is 16.4. The lowest BCUT2D eigenvalue weighted by molar-refractivity contribution is -0.190. The van der Waals surface area contributed by atoms with Crippen LogP contribution in [0.15, 0.2) is 108 Å². The summed E-state index contributed by atoms with van der Waals surface area (Å²) in [6.45, 7) is 8.98. The molecule has 2 saturated heterocycles. The maximum absolute atomic E-state index is 12.8. The maximum atomic E-state index is 12.8. The van der Waals surface area contributed by atoms with E-state index in [1.54, 1.807) is 21.8 Å². The van der Waals surface area contributed by atoms with Crippen LogP contribution in [0.2, 0.25) is 0 Å². The van der Waals surface area contributed by atoms with Crippen LogP contribution in [0.1, 0.15) is 31.9 Å². The Hall–Kier alpha value is -4.87. The van der Waals surface area contributed by atoms with E-state index in [0.29, 0.717) is 19.8 Å². The molecule has 7 rings (SSSR count). The van der Waals surface area contributed by atoms with E-state index in [1.807, 2.05) is 78.5 Å². The Morgan fingerprint density at radius 3 is 2.17 bits per heavy atom. The first-order valence-corrected chi connectivity index (χ1v) is 16.4. The number of piperazine rings is 1. The lowest BCUT2D eigenvalue weighted by Gasteiger charge is -2.37. The standard InChI is InChI=1S/C36H41N7O4/c1-3-28(2)43-35(44)42(27-38-43)32-12-10-30(11-13-32)39-20-22-40(23-21-39)31-14-16-33(17-15-31)45-24-34-25-46-36(47-34,26-41-19-7-18-37-41)29-8-5-4-6-9-29/h4-19,27-28,34H,3,20-26H2,1-2H3/t28?,34-,36-/m1/s1. The second-order valence-corrected chi connectivity index (χ2v) is 12.2. The molecule has 2 aliphatic rings. The molecule has 0 spiro atoms. The molecule has 2 aromatic heterocycles. The van der Waals surface area contributed by atoms with Crippen molar-refractivity contribution in [3.63, 3.8) is 0 Å². The van der Waals surface area contributed by atoms with E-state index in [1.165, 1.54) is 5.69 Å². The predicted molar refractivity (Wildman–Crippen MR) is 180 cm³/mol. The summed E-state index contributed by atoms with van der Waals surface area (Å²) < 4.78 is 23.9. The normalized spacial score (nSPS) is 20.4. The molecule has 0 amide bonds. The van der Waals surface area contributed by atoms with Crippen LogP contribution < -0.4 is 20.2 Å². The number of aromatic nitrogens is 5. The van der Waals surface area contributed by atoms with Gasteiger partial charge < -0.3 is 24.0 Å². The molecular weight excluding hydrogens is 594 g/mol. The van der Waals surface area contributed by atoms with Gasteiger partial charge in [0.2, 0.25) is 5.79 Å². The van der Waals surface area contributed by atoms with Gasteiger partial charge in [0.05, 0.1) is 24.9 Å². The van der Waals surface area contributed by atoms with Crippen LogP contribution >= 0.6 is 0 Å². The van der Waals surface area contributed by atoms with Crippen molar-refractivity contribution in [1.29, 1.82) is 0 Å².